The van der Waals surface area contributed by atoms with Crippen molar-refractivity contribution >= 4 is 16.5 Å². The first-order valence-electron chi connectivity index (χ1n) is 8.37. The molecule has 2 aliphatic rings. The standard InChI is InChI=1S/C20H24N2/c1-13-4-5-15-11-17(8-9-19(15)21-13)20-16-7-6-14(10-16)18(20)12-22(2)3/h4-5,8-9,11,14,16H,6-7,10,12H2,1-3H3. The highest BCUT2D eigenvalue weighted by molar-refractivity contribution is 5.85. The molecule has 0 radical (unpaired) electrons. The second-order valence-electron chi connectivity index (χ2n) is 7.24. The van der Waals surface area contributed by atoms with Gasteiger partial charge in [0.05, 0.1) is 5.52 Å². The van der Waals surface area contributed by atoms with Crippen molar-refractivity contribution in [2.45, 2.75) is 26.2 Å². The monoisotopic (exact) mass is 292 g/mol. The summed E-state index contributed by atoms with van der Waals surface area (Å²) in [5, 5.41) is 1.27. The van der Waals surface area contributed by atoms with Gasteiger partial charge in [0.15, 0.2) is 0 Å². The van der Waals surface area contributed by atoms with E-state index in [4.69, 9.17) is 0 Å². The molecule has 2 nitrogen and oxygen atoms in total. The summed E-state index contributed by atoms with van der Waals surface area (Å²) < 4.78 is 0. The van der Waals surface area contributed by atoms with E-state index in [9.17, 15) is 0 Å². The lowest BCUT2D eigenvalue weighted by molar-refractivity contribution is 0.423. The van der Waals surface area contributed by atoms with E-state index in [0.29, 0.717) is 0 Å². The molecular formula is C20H24N2. The SMILES string of the molecule is Cc1ccc2cc(C3=C(CN(C)C)C4CCC3C4)ccc2n1. The number of aryl methyl sites for hydroxylation is 1. The highest BCUT2D eigenvalue weighted by atomic mass is 15.1. The van der Waals surface area contributed by atoms with E-state index >= 15 is 0 Å². The van der Waals surface area contributed by atoms with Crippen LogP contribution < -0.4 is 0 Å². The molecule has 114 valence electrons. The molecule has 2 atom stereocenters. The van der Waals surface area contributed by atoms with E-state index in [1.54, 1.807) is 11.1 Å². The zero-order valence-electron chi connectivity index (χ0n) is 13.8. The number of nitrogens with zero attached hydrogens (tertiary/aromatic N) is 2. The van der Waals surface area contributed by atoms with Crippen molar-refractivity contribution in [1.82, 2.24) is 9.88 Å². The lowest BCUT2D eigenvalue weighted by atomic mass is 9.86. The van der Waals surface area contributed by atoms with Crippen LogP contribution in [0.25, 0.3) is 16.5 Å². The van der Waals surface area contributed by atoms with Crippen LogP contribution in [0, 0.1) is 18.8 Å². The lowest BCUT2D eigenvalue weighted by Gasteiger charge is -2.23. The van der Waals surface area contributed by atoms with E-state index < -0.39 is 0 Å². The summed E-state index contributed by atoms with van der Waals surface area (Å²) in [5.74, 6) is 1.62. The Kier molecular flexibility index (Phi) is 3.30. The topological polar surface area (TPSA) is 16.1 Å². The van der Waals surface area contributed by atoms with Crippen molar-refractivity contribution in [3.05, 3.63) is 47.2 Å². The van der Waals surface area contributed by atoms with Crippen LogP contribution in [0.2, 0.25) is 0 Å². The van der Waals surface area contributed by atoms with Gasteiger partial charge in [0.25, 0.3) is 0 Å². The predicted molar refractivity (Wildman–Crippen MR) is 92.8 cm³/mol. The Hall–Kier alpha value is -1.67. The maximum atomic E-state index is 4.63. The highest BCUT2D eigenvalue weighted by Crippen LogP contribution is 2.52. The van der Waals surface area contributed by atoms with Gasteiger partial charge in [-0.05, 0) is 87.0 Å². The number of aromatic nitrogens is 1. The molecule has 2 aromatic rings. The fraction of sp³-hybridized carbons (Fsp3) is 0.450. The van der Waals surface area contributed by atoms with Gasteiger partial charge in [-0.15, -0.1) is 0 Å². The first kappa shape index (κ1) is 14.0. The smallest absolute Gasteiger partial charge is 0.0705 e. The number of hydrogen-bond acceptors (Lipinski definition) is 2. The van der Waals surface area contributed by atoms with Crippen molar-refractivity contribution in [2.75, 3.05) is 20.6 Å². The van der Waals surface area contributed by atoms with Crippen molar-refractivity contribution < 1.29 is 0 Å². The summed E-state index contributed by atoms with van der Waals surface area (Å²) in [7, 11) is 4.37. The van der Waals surface area contributed by atoms with E-state index in [1.807, 2.05) is 0 Å². The molecule has 0 saturated heterocycles. The molecule has 2 bridgehead atoms. The van der Waals surface area contributed by atoms with Crippen molar-refractivity contribution in [2.24, 2.45) is 11.8 Å². The normalized spacial score (nSPS) is 24.0. The summed E-state index contributed by atoms with van der Waals surface area (Å²) in [6, 6.07) is 11.2. The van der Waals surface area contributed by atoms with Gasteiger partial charge in [0.2, 0.25) is 0 Å². The minimum absolute atomic E-state index is 0.788. The third kappa shape index (κ3) is 2.26. The number of pyridine rings is 1. The first-order chi connectivity index (χ1) is 10.6. The Morgan fingerprint density at radius 2 is 1.91 bits per heavy atom. The Balaban J connectivity index is 1.82. The molecule has 2 aliphatic carbocycles. The summed E-state index contributed by atoms with van der Waals surface area (Å²) in [4.78, 5) is 6.96. The molecule has 1 fully saturated rings. The second kappa shape index (κ2) is 5.20. The van der Waals surface area contributed by atoms with Crippen LogP contribution >= 0.6 is 0 Å². The molecule has 1 saturated carbocycles. The average molecular weight is 292 g/mol. The Morgan fingerprint density at radius 1 is 1.09 bits per heavy atom. The molecule has 2 unspecified atom stereocenters. The van der Waals surface area contributed by atoms with Crippen LogP contribution in [-0.4, -0.2) is 30.5 Å². The summed E-state index contributed by atoms with van der Waals surface area (Å²) in [6.07, 6.45) is 4.15. The van der Waals surface area contributed by atoms with Gasteiger partial charge in [-0.2, -0.15) is 0 Å². The van der Waals surface area contributed by atoms with Gasteiger partial charge in [-0.3, -0.25) is 4.98 Å². The minimum atomic E-state index is 0.788. The average Bonchev–Trinajstić information content (AvgIpc) is 3.07. The molecule has 22 heavy (non-hydrogen) atoms. The predicted octanol–water partition coefficient (Wildman–Crippen LogP) is 4.29. The van der Waals surface area contributed by atoms with Gasteiger partial charge in [0.1, 0.15) is 0 Å². The van der Waals surface area contributed by atoms with Crippen molar-refractivity contribution in [1.29, 1.82) is 0 Å². The van der Waals surface area contributed by atoms with E-state index in [1.165, 1.54) is 30.2 Å². The molecule has 1 aromatic heterocycles. The fourth-order valence-corrected chi connectivity index (χ4v) is 4.41. The van der Waals surface area contributed by atoms with E-state index in [2.05, 4.69) is 61.2 Å². The lowest BCUT2D eigenvalue weighted by Crippen LogP contribution is -2.19. The first-order valence-corrected chi connectivity index (χ1v) is 8.37. The van der Waals surface area contributed by atoms with Gasteiger partial charge in [0, 0.05) is 17.6 Å². The maximum absolute atomic E-state index is 4.63. The number of rotatable bonds is 3. The van der Waals surface area contributed by atoms with Crippen molar-refractivity contribution in [3.8, 4) is 0 Å². The number of likely N-dealkylation sites (N-methyl/N-ethyl adjacent to an activating group) is 1. The van der Waals surface area contributed by atoms with Gasteiger partial charge >= 0.3 is 0 Å². The molecule has 4 rings (SSSR count). The van der Waals surface area contributed by atoms with Gasteiger partial charge in [-0.1, -0.05) is 12.1 Å². The maximum Gasteiger partial charge on any atom is 0.0705 e. The number of allylic oxidation sites excluding steroid dienone is 1. The Labute approximate surface area is 132 Å². The third-order valence-corrected chi connectivity index (χ3v) is 5.31. The van der Waals surface area contributed by atoms with Crippen LogP contribution in [0.1, 0.15) is 30.5 Å². The van der Waals surface area contributed by atoms with Crippen molar-refractivity contribution in [3.63, 3.8) is 0 Å². The summed E-state index contributed by atoms with van der Waals surface area (Å²) >= 11 is 0. The van der Waals surface area contributed by atoms with Gasteiger partial charge < -0.3 is 4.90 Å². The van der Waals surface area contributed by atoms with E-state index in [0.717, 1.165) is 29.6 Å². The Bertz CT molecular complexity index is 757. The van der Waals surface area contributed by atoms with Gasteiger partial charge in [-0.25, -0.2) is 0 Å². The zero-order valence-corrected chi connectivity index (χ0v) is 13.8. The zero-order chi connectivity index (χ0) is 15.3. The highest BCUT2D eigenvalue weighted by Gasteiger charge is 2.39. The molecule has 0 amide bonds. The molecule has 0 N–H and O–H groups in total. The Morgan fingerprint density at radius 3 is 2.73 bits per heavy atom. The van der Waals surface area contributed by atoms with E-state index in [-0.39, 0.29) is 0 Å². The summed E-state index contributed by atoms with van der Waals surface area (Å²) in [6.45, 7) is 3.17. The fourth-order valence-electron chi connectivity index (χ4n) is 4.41. The van der Waals surface area contributed by atoms with Crippen LogP contribution in [0.5, 0.6) is 0 Å². The van der Waals surface area contributed by atoms with Crippen LogP contribution in [0.15, 0.2) is 35.9 Å². The minimum Gasteiger partial charge on any atom is -0.305 e. The van der Waals surface area contributed by atoms with Crippen LogP contribution in [0.3, 0.4) is 0 Å². The third-order valence-electron chi connectivity index (χ3n) is 5.31. The number of fused-ring (bicyclic) bond motifs is 3. The number of hydrogen-bond donors (Lipinski definition) is 0. The molecular weight excluding hydrogens is 268 g/mol. The van der Waals surface area contributed by atoms with Crippen LogP contribution in [-0.2, 0) is 0 Å². The second-order valence-corrected chi connectivity index (χ2v) is 7.24. The molecule has 2 heteroatoms. The number of benzene rings is 1. The largest absolute Gasteiger partial charge is 0.305 e. The van der Waals surface area contributed by atoms with Crippen LogP contribution in [0.4, 0.5) is 0 Å². The summed E-state index contributed by atoms with van der Waals surface area (Å²) in [5.41, 5.74) is 6.98. The molecule has 1 heterocycles. The molecule has 0 aliphatic heterocycles. The quantitative estimate of drug-likeness (QED) is 0.839. The molecule has 0 spiro atoms. The molecule has 1 aromatic carbocycles.